The highest BCUT2D eigenvalue weighted by Crippen LogP contribution is 2.35. The number of amides is 1. The van der Waals surface area contributed by atoms with Gasteiger partial charge in [0, 0.05) is 17.1 Å². The van der Waals surface area contributed by atoms with Gasteiger partial charge in [-0.2, -0.15) is 0 Å². The molecule has 1 amide bonds. The maximum absolute atomic E-state index is 12.9. The predicted molar refractivity (Wildman–Crippen MR) is 119 cm³/mol. The van der Waals surface area contributed by atoms with Gasteiger partial charge in [-0.05, 0) is 31.0 Å². The van der Waals surface area contributed by atoms with Crippen LogP contribution in [0.15, 0.2) is 36.4 Å². The molecule has 2 aromatic carbocycles. The molecule has 0 radical (unpaired) electrons. The van der Waals surface area contributed by atoms with Gasteiger partial charge in [0.15, 0.2) is 6.61 Å². The smallest absolute Gasteiger partial charge is 0.339 e. The quantitative estimate of drug-likeness (QED) is 0.539. The molecule has 0 unspecified atom stereocenters. The molecular formula is C23H23ClN2O5. The van der Waals surface area contributed by atoms with Crippen molar-refractivity contribution in [3.05, 3.63) is 58.2 Å². The van der Waals surface area contributed by atoms with Gasteiger partial charge in [-0.1, -0.05) is 36.7 Å². The zero-order valence-corrected chi connectivity index (χ0v) is 18.5. The Hall–Kier alpha value is -3.32. The van der Waals surface area contributed by atoms with Crippen molar-refractivity contribution >= 4 is 40.1 Å². The van der Waals surface area contributed by atoms with Crippen LogP contribution in [0.4, 0.5) is 5.69 Å². The lowest BCUT2D eigenvalue weighted by Gasteiger charge is -2.14. The van der Waals surface area contributed by atoms with Crippen molar-refractivity contribution in [3.8, 4) is 11.5 Å². The van der Waals surface area contributed by atoms with Gasteiger partial charge < -0.3 is 19.5 Å². The molecule has 0 saturated carbocycles. The number of fused-ring (bicyclic) bond motifs is 1. The highest BCUT2D eigenvalue weighted by atomic mass is 35.5. The van der Waals surface area contributed by atoms with Gasteiger partial charge in [-0.15, -0.1) is 0 Å². The fraction of sp³-hybridized carbons (Fsp3) is 0.261. The lowest BCUT2D eigenvalue weighted by Crippen LogP contribution is -2.22. The molecule has 0 aliphatic heterocycles. The average molecular weight is 443 g/mol. The Kier molecular flexibility index (Phi) is 6.97. The number of para-hydroxylation sites is 1. The van der Waals surface area contributed by atoms with Crippen molar-refractivity contribution in [2.24, 2.45) is 0 Å². The number of ether oxygens (including phenoxy) is 3. The van der Waals surface area contributed by atoms with E-state index in [4.69, 9.17) is 25.8 Å². The summed E-state index contributed by atoms with van der Waals surface area (Å²) in [5, 5.41) is 3.63. The van der Waals surface area contributed by atoms with Gasteiger partial charge in [0.05, 0.1) is 36.0 Å². The summed E-state index contributed by atoms with van der Waals surface area (Å²) in [5.74, 6) is -0.334. The number of methoxy groups -OCH3 is 2. The normalized spacial score (nSPS) is 10.6. The first kappa shape index (κ1) is 22.4. The first-order valence-electron chi connectivity index (χ1n) is 9.66. The predicted octanol–water partition coefficient (Wildman–Crippen LogP) is 4.57. The van der Waals surface area contributed by atoms with E-state index in [0.29, 0.717) is 45.1 Å². The molecule has 8 heteroatoms. The minimum absolute atomic E-state index is 0.307. The number of hydrogen-bond donors (Lipinski definition) is 1. The molecular weight excluding hydrogens is 420 g/mol. The van der Waals surface area contributed by atoms with E-state index >= 15 is 0 Å². The standard InChI is InChI=1S/C23H23ClN2O5/c1-5-16-13(2)22(14-8-6-7-9-17(14)25-16)23(28)31-12-21(27)26-18-10-15(24)19(29-3)11-20(18)30-4/h6-11H,5,12H2,1-4H3,(H,26,27). The van der Waals surface area contributed by atoms with E-state index in [-0.39, 0.29) is 0 Å². The monoisotopic (exact) mass is 442 g/mol. The van der Waals surface area contributed by atoms with Gasteiger partial charge in [0.1, 0.15) is 11.5 Å². The average Bonchev–Trinajstić information content (AvgIpc) is 2.77. The number of nitrogens with one attached hydrogen (secondary N) is 1. The van der Waals surface area contributed by atoms with Gasteiger partial charge in [-0.25, -0.2) is 4.79 Å². The molecule has 3 rings (SSSR count). The number of halogens is 1. The van der Waals surface area contributed by atoms with Crippen LogP contribution in [-0.4, -0.2) is 37.7 Å². The first-order chi connectivity index (χ1) is 14.9. The number of benzene rings is 2. The molecule has 31 heavy (non-hydrogen) atoms. The largest absolute Gasteiger partial charge is 0.495 e. The molecule has 0 aliphatic carbocycles. The van der Waals surface area contributed by atoms with Crippen molar-refractivity contribution in [1.82, 2.24) is 4.98 Å². The molecule has 3 aromatic rings. The number of anilines is 1. The maximum Gasteiger partial charge on any atom is 0.339 e. The number of aromatic nitrogens is 1. The number of nitrogens with zero attached hydrogens (tertiary/aromatic N) is 1. The van der Waals surface area contributed by atoms with Crippen molar-refractivity contribution in [2.45, 2.75) is 20.3 Å². The Balaban J connectivity index is 1.78. The van der Waals surface area contributed by atoms with Crippen LogP contribution in [0.25, 0.3) is 10.9 Å². The van der Waals surface area contributed by atoms with E-state index in [9.17, 15) is 9.59 Å². The highest BCUT2D eigenvalue weighted by molar-refractivity contribution is 6.32. The van der Waals surface area contributed by atoms with Crippen molar-refractivity contribution < 1.29 is 23.8 Å². The number of carbonyl (C=O) groups excluding carboxylic acids is 2. The van der Waals surface area contributed by atoms with Gasteiger partial charge in [0.2, 0.25) is 0 Å². The minimum Gasteiger partial charge on any atom is -0.495 e. The lowest BCUT2D eigenvalue weighted by atomic mass is 10.0. The summed E-state index contributed by atoms with van der Waals surface area (Å²) in [5.41, 5.74) is 3.02. The maximum atomic E-state index is 12.9. The van der Waals surface area contributed by atoms with E-state index < -0.39 is 18.5 Å². The summed E-state index contributed by atoms with van der Waals surface area (Å²) in [6.07, 6.45) is 0.676. The molecule has 0 spiro atoms. The second kappa shape index (κ2) is 9.66. The van der Waals surface area contributed by atoms with Crippen LogP contribution in [0.2, 0.25) is 5.02 Å². The number of hydrogen-bond acceptors (Lipinski definition) is 6. The Morgan fingerprint density at radius 3 is 2.48 bits per heavy atom. The van der Waals surface area contributed by atoms with E-state index in [0.717, 1.165) is 11.3 Å². The highest BCUT2D eigenvalue weighted by Gasteiger charge is 2.20. The summed E-state index contributed by atoms with van der Waals surface area (Å²) in [6.45, 7) is 3.34. The van der Waals surface area contributed by atoms with Crippen molar-refractivity contribution in [1.29, 1.82) is 0 Å². The molecule has 1 aromatic heterocycles. The second-order valence-corrected chi connectivity index (χ2v) is 7.15. The van der Waals surface area contributed by atoms with E-state index in [2.05, 4.69) is 10.3 Å². The number of rotatable bonds is 7. The number of pyridine rings is 1. The van der Waals surface area contributed by atoms with Crippen LogP contribution >= 0.6 is 11.6 Å². The van der Waals surface area contributed by atoms with Crippen molar-refractivity contribution in [3.63, 3.8) is 0 Å². The molecule has 1 heterocycles. The number of aryl methyl sites for hydroxylation is 1. The van der Waals surface area contributed by atoms with E-state index in [1.54, 1.807) is 6.07 Å². The van der Waals surface area contributed by atoms with Crippen molar-refractivity contribution in [2.75, 3.05) is 26.1 Å². The van der Waals surface area contributed by atoms with Crippen LogP contribution in [0, 0.1) is 6.92 Å². The van der Waals surface area contributed by atoms with Crippen LogP contribution in [0.5, 0.6) is 11.5 Å². The van der Waals surface area contributed by atoms with Crippen LogP contribution in [0.3, 0.4) is 0 Å². The van der Waals surface area contributed by atoms with Gasteiger partial charge in [-0.3, -0.25) is 9.78 Å². The zero-order chi connectivity index (χ0) is 22.5. The molecule has 162 valence electrons. The topological polar surface area (TPSA) is 86.8 Å². The lowest BCUT2D eigenvalue weighted by molar-refractivity contribution is -0.119. The molecule has 0 aliphatic rings. The first-order valence-corrected chi connectivity index (χ1v) is 10.0. The molecule has 0 saturated heterocycles. The third kappa shape index (κ3) is 4.72. The number of carbonyl (C=O) groups is 2. The summed E-state index contributed by atoms with van der Waals surface area (Å²) < 4.78 is 15.7. The summed E-state index contributed by atoms with van der Waals surface area (Å²) >= 11 is 6.13. The Morgan fingerprint density at radius 2 is 1.81 bits per heavy atom. The molecule has 0 bridgehead atoms. The molecule has 0 atom stereocenters. The summed E-state index contributed by atoms with van der Waals surface area (Å²) in [4.78, 5) is 29.9. The third-order valence-corrected chi connectivity index (χ3v) is 5.15. The molecule has 0 fully saturated rings. The summed E-state index contributed by atoms with van der Waals surface area (Å²) in [7, 11) is 2.94. The second-order valence-electron chi connectivity index (χ2n) is 6.74. The Morgan fingerprint density at radius 1 is 1.10 bits per heavy atom. The van der Waals surface area contributed by atoms with Gasteiger partial charge >= 0.3 is 5.97 Å². The van der Waals surface area contributed by atoms with E-state index in [1.165, 1.54) is 20.3 Å². The van der Waals surface area contributed by atoms with Crippen LogP contribution < -0.4 is 14.8 Å². The van der Waals surface area contributed by atoms with Crippen LogP contribution in [-0.2, 0) is 16.0 Å². The minimum atomic E-state index is -0.583. The van der Waals surface area contributed by atoms with E-state index in [1.807, 2.05) is 38.1 Å². The zero-order valence-electron chi connectivity index (χ0n) is 17.7. The Bertz CT molecular complexity index is 1150. The SMILES string of the molecule is CCc1nc2ccccc2c(C(=O)OCC(=O)Nc2cc(Cl)c(OC)cc2OC)c1C. The van der Waals surface area contributed by atoms with Crippen LogP contribution in [0.1, 0.15) is 28.5 Å². The van der Waals surface area contributed by atoms with Gasteiger partial charge in [0.25, 0.3) is 5.91 Å². The summed E-state index contributed by atoms with van der Waals surface area (Å²) in [6, 6.07) is 10.4. The fourth-order valence-electron chi connectivity index (χ4n) is 3.31. The molecule has 7 nitrogen and oxygen atoms in total. The Labute approximate surface area is 185 Å². The fourth-order valence-corrected chi connectivity index (χ4v) is 3.55. The molecule has 1 N–H and O–H groups in total. The number of esters is 1. The third-order valence-electron chi connectivity index (χ3n) is 4.86.